The molecule has 0 saturated heterocycles. The first-order valence-electron chi connectivity index (χ1n) is 5.02. The molecule has 0 aromatic carbocycles. The van der Waals surface area contributed by atoms with Crippen LogP contribution >= 0.6 is 0 Å². The molecule has 1 atom stereocenters. The van der Waals surface area contributed by atoms with E-state index < -0.39 is 0 Å². The molecule has 82 valence electrons. The lowest BCUT2D eigenvalue weighted by Crippen LogP contribution is -2.37. The average molecular weight is 208 g/mol. The Morgan fingerprint density at radius 1 is 1.60 bits per heavy atom. The highest BCUT2D eigenvalue weighted by atomic mass is 16.3. The van der Waals surface area contributed by atoms with Gasteiger partial charge in [0.1, 0.15) is 5.69 Å². The maximum absolute atomic E-state index is 11.6. The van der Waals surface area contributed by atoms with E-state index >= 15 is 0 Å². The van der Waals surface area contributed by atoms with Crippen molar-refractivity contribution in [3.63, 3.8) is 0 Å². The molecule has 0 unspecified atom stereocenters. The van der Waals surface area contributed by atoms with Gasteiger partial charge >= 0.3 is 0 Å². The molecule has 0 radical (unpaired) electrons. The van der Waals surface area contributed by atoms with Crippen LogP contribution in [0.3, 0.4) is 0 Å². The van der Waals surface area contributed by atoms with E-state index in [0.29, 0.717) is 12.1 Å². The van der Waals surface area contributed by atoms with Crippen LogP contribution < -0.4 is 5.32 Å². The van der Waals surface area contributed by atoms with Crippen molar-refractivity contribution in [2.24, 2.45) is 0 Å². The summed E-state index contributed by atoms with van der Waals surface area (Å²) in [5, 5.41) is 11.6. The van der Waals surface area contributed by atoms with Crippen molar-refractivity contribution in [2.75, 3.05) is 6.61 Å². The van der Waals surface area contributed by atoms with Gasteiger partial charge in [0.05, 0.1) is 12.6 Å². The van der Waals surface area contributed by atoms with Crippen molar-refractivity contribution in [3.05, 3.63) is 29.6 Å². The van der Waals surface area contributed by atoms with Gasteiger partial charge in [-0.25, -0.2) is 4.98 Å². The van der Waals surface area contributed by atoms with E-state index in [2.05, 4.69) is 10.3 Å². The maximum atomic E-state index is 11.6. The lowest BCUT2D eigenvalue weighted by molar-refractivity contribution is 0.0909. The van der Waals surface area contributed by atoms with E-state index in [9.17, 15) is 4.79 Å². The predicted molar refractivity (Wildman–Crippen MR) is 57.6 cm³/mol. The van der Waals surface area contributed by atoms with Crippen LogP contribution in [0.4, 0.5) is 0 Å². The standard InChI is InChI=1S/C11H16N2O2/c1-3-9(7-14)13-11(15)10-6-4-5-8(2)12-10/h4-6,9,14H,3,7H2,1-2H3,(H,13,15)/t9-/m1/s1. The number of nitrogens with zero attached hydrogens (tertiary/aromatic N) is 1. The van der Waals surface area contributed by atoms with E-state index in [1.165, 1.54) is 0 Å². The van der Waals surface area contributed by atoms with Gasteiger partial charge in [-0.05, 0) is 25.5 Å². The Bertz CT molecular complexity index is 335. The van der Waals surface area contributed by atoms with Gasteiger partial charge in [0.2, 0.25) is 0 Å². The molecule has 2 N–H and O–H groups in total. The van der Waals surface area contributed by atoms with E-state index in [4.69, 9.17) is 5.11 Å². The number of aromatic nitrogens is 1. The number of aliphatic hydroxyl groups excluding tert-OH is 1. The Hall–Kier alpha value is -1.42. The van der Waals surface area contributed by atoms with Crippen LogP contribution in [0.1, 0.15) is 29.5 Å². The number of carbonyl (C=O) groups excluding carboxylic acids is 1. The van der Waals surface area contributed by atoms with Crippen LogP contribution in [0.25, 0.3) is 0 Å². The van der Waals surface area contributed by atoms with Gasteiger partial charge in [-0.2, -0.15) is 0 Å². The highest BCUT2D eigenvalue weighted by Crippen LogP contribution is 1.99. The SMILES string of the molecule is CC[C@H](CO)NC(=O)c1cccc(C)n1. The smallest absolute Gasteiger partial charge is 0.270 e. The van der Waals surface area contributed by atoms with Crippen molar-refractivity contribution in [1.29, 1.82) is 0 Å². The van der Waals surface area contributed by atoms with E-state index in [-0.39, 0.29) is 18.6 Å². The molecule has 0 spiro atoms. The van der Waals surface area contributed by atoms with Crippen molar-refractivity contribution < 1.29 is 9.90 Å². The molecular weight excluding hydrogens is 192 g/mol. The molecule has 1 heterocycles. The Balaban J connectivity index is 2.68. The maximum Gasteiger partial charge on any atom is 0.270 e. The zero-order chi connectivity index (χ0) is 11.3. The first-order valence-corrected chi connectivity index (χ1v) is 5.02. The van der Waals surface area contributed by atoms with Crippen LogP contribution in [0.15, 0.2) is 18.2 Å². The molecule has 4 nitrogen and oxygen atoms in total. The summed E-state index contributed by atoms with van der Waals surface area (Å²) in [6.07, 6.45) is 0.702. The molecule has 0 aliphatic carbocycles. The summed E-state index contributed by atoms with van der Waals surface area (Å²) in [6.45, 7) is 3.69. The van der Waals surface area contributed by atoms with Crippen LogP contribution in [0, 0.1) is 6.92 Å². The molecule has 1 aromatic rings. The minimum Gasteiger partial charge on any atom is -0.394 e. The van der Waals surface area contributed by atoms with E-state index in [1.54, 1.807) is 12.1 Å². The largest absolute Gasteiger partial charge is 0.394 e. The summed E-state index contributed by atoms with van der Waals surface area (Å²) in [6, 6.07) is 5.09. The first kappa shape index (κ1) is 11.7. The summed E-state index contributed by atoms with van der Waals surface area (Å²) in [5.74, 6) is -0.236. The van der Waals surface area contributed by atoms with Gasteiger partial charge in [0, 0.05) is 5.69 Å². The third-order valence-electron chi connectivity index (χ3n) is 2.17. The lowest BCUT2D eigenvalue weighted by atomic mass is 10.2. The fourth-order valence-electron chi connectivity index (χ4n) is 1.21. The third kappa shape index (κ3) is 3.32. The van der Waals surface area contributed by atoms with Crippen molar-refractivity contribution in [3.8, 4) is 0 Å². The molecule has 0 bridgehead atoms. The second kappa shape index (κ2) is 5.46. The minimum absolute atomic E-state index is 0.0476. The summed E-state index contributed by atoms with van der Waals surface area (Å²) < 4.78 is 0. The summed E-state index contributed by atoms with van der Waals surface area (Å²) in [4.78, 5) is 15.7. The molecule has 1 aromatic heterocycles. The summed E-state index contributed by atoms with van der Waals surface area (Å²) >= 11 is 0. The molecule has 1 amide bonds. The average Bonchev–Trinajstić information content (AvgIpc) is 2.25. The molecule has 0 saturated carbocycles. The first-order chi connectivity index (χ1) is 7.17. The fourth-order valence-corrected chi connectivity index (χ4v) is 1.21. The molecule has 0 fully saturated rings. The van der Waals surface area contributed by atoms with Crippen LogP contribution in [-0.4, -0.2) is 28.6 Å². The van der Waals surface area contributed by atoms with Gasteiger partial charge in [-0.1, -0.05) is 13.0 Å². The molecular formula is C11H16N2O2. The van der Waals surface area contributed by atoms with Gasteiger partial charge < -0.3 is 10.4 Å². The van der Waals surface area contributed by atoms with Crippen molar-refractivity contribution in [2.45, 2.75) is 26.3 Å². The lowest BCUT2D eigenvalue weighted by Gasteiger charge is -2.13. The van der Waals surface area contributed by atoms with E-state index in [0.717, 1.165) is 5.69 Å². The number of pyridine rings is 1. The van der Waals surface area contributed by atoms with Crippen molar-refractivity contribution in [1.82, 2.24) is 10.3 Å². The number of aryl methyl sites for hydroxylation is 1. The Morgan fingerprint density at radius 2 is 2.33 bits per heavy atom. The number of hydrogen-bond acceptors (Lipinski definition) is 3. The Kier molecular flexibility index (Phi) is 4.24. The molecule has 0 aliphatic heterocycles. The van der Waals surface area contributed by atoms with Gasteiger partial charge in [-0.15, -0.1) is 0 Å². The molecule has 4 heteroatoms. The normalized spacial score (nSPS) is 12.2. The number of rotatable bonds is 4. The predicted octanol–water partition coefficient (Wildman–Crippen LogP) is 0.891. The van der Waals surface area contributed by atoms with Crippen LogP contribution in [-0.2, 0) is 0 Å². The number of hydrogen-bond donors (Lipinski definition) is 2. The fraction of sp³-hybridized carbons (Fsp3) is 0.455. The van der Waals surface area contributed by atoms with Gasteiger partial charge in [0.15, 0.2) is 0 Å². The number of amides is 1. The highest BCUT2D eigenvalue weighted by molar-refractivity contribution is 5.92. The monoisotopic (exact) mass is 208 g/mol. The van der Waals surface area contributed by atoms with Gasteiger partial charge in [0.25, 0.3) is 5.91 Å². The highest BCUT2D eigenvalue weighted by Gasteiger charge is 2.11. The summed E-state index contributed by atoms with van der Waals surface area (Å²) in [7, 11) is 0. The molecule has 15 heavy (non-hydrogen) atoms. The Morgan fingerprint density at radius 3 is 2.87 bits per heavy atom. The Labute approximate surface area is 89.3 Å². The quantitative estimate of drug-likeness (QED) is 0.772. The van der Waals surface area contributed by atoms with Crippen LogP contribution in [0.5, 0.6) is 0 Å². The van der Waals surface area contributed by atoms with Crippen molar-refractivity contribution >= 4 is 5.91 Å². The number of nitrogens with one attached hydrogen (secondary N) is 1. The zero-order valence-corrected chi connectivity index (χ0v) is 9.03. The second-order valence-corrected chi connectivity index (χ2v) is 3.43. The van der Waals surface area contributed by atoms with Crippen LogP contribution in [0.2, 0.25) is 0 Å². The second-order valence-electron chi connectivity index (χ2n) is 3.43. The minimum atomic E-state index is -0.236. The molecule has 0 aliphatic rings. The topological polar surface area (TPSA) is 62.2 Å². The summed E-state index contributed by atoms with van der Waals surface area (Å²) in [5.41, 5.74) is 1.20. The molecule has 1 rings (SSSR count). The number of aliphatic hydroxyl groups is 1. The third-order valence-corrected chi connectivity index (χ3v) is 2.17. The van der Waals surface area contributed by atoms with Gasteiger partial charge in [-0.3, -0.25) is 4.79 Å². The van der Waals surface area contributed by atoms with E-state index in [1.807, 2.05) is 19.9 Å². The zero-order valence-electron chi connectivity index (χ0n) is 9.03. The number of carbonyl (C=O) groups is 1.